The Morgan fingerprint density at radius 2 is 2.04 bits per heavy atom. The molecule has 0 radical (unpaired) electrons. The number of nitrogens with one attached hydrogen (secondary N) is 3. The summed E-state index contributed by atoms with van der Waals surface area (Å²) in [6.45, 7) is 7.94. The lowest BCUT2D eigenvalue weighted by molar-refractivity contribution is -0.121. The SMILES string of the molecule is CN=C(NCCC(=O)NC(C)C)NCc1ccc(C)cc1OCC1CC1.I. The van der Waals surface area contributed by atoms with Gasteiger partial charge in [0.05, 0.1) is 6.61 Å². The second kappa shape index (κ2) is 12.0. The van der Waals surface area contributed by atoms with Crippen molar-refractivity contribution in [2.24, 2.45) is 10.9 Å². The third kappa shape index (κ3) is 9.30. The van der Waals surface area contributed by atoms with Crippen LogP contribution in [0.2, 0.25) is 0 Å². The number of carbonyl (C=O) groups excluding carboxylic acids is 1. The van der Waals surface area contributed by atoms with Gasteiger partial charge in [0.25, 0.3) is 0 Å². The molecule has 1 fully saturated rings. The lowest BCUT2D eigenvalue weighted by Gasteiger charge is -2.15. The second-order valence-corrected chi connectivity index (χ2v) is 7.19. The van der Waals surface area contributed by atoms with E-state index in [1.54, 1.807) is 7.05 Å². The van der Waals surface area contributed by atoms with Gasteiger partial charge in [-0.3, -0.25) is 9.79 Å². The van der Waals surface area contributed by atoms with Crippen LogP contribution in [0.5, 0.6) is 5.75 Å². The second-order valence-electron chi connectivity index (χ2n) is 7.19. The van der Waals surface area contributed by atoms with E-state index in [-0.39, 0.29) is 35.9 Å². The van der Waals surface area contributed by atoms with Crippen LogP contribution in [0, 0.1) is 12.8 Å². The summed E-state index contributed by atoms with van der Waals surface area (Å²) in [5.41, 5.74) is 2.30. The average molecular weight is 488 g/mol. The Morgan fingerprint density at radius 3 is 2.67 bits per heavy atom. The fraction of sp³-hybridized carbons (Fsp3) is 0.600. The highest BCUT2D eigenvalue weighted by molar-refractivity contribution is 14.0. The molecule has 1 amide bonds. The molecule has 0 aliphatic heterocycles. The van der Waals surface area contributed by atoms with E-state index in [1.807, 2.05) is 13.8 Å². The number of aryl methyl sites for hydroxylation is 1. The Morgan fingerprint density at radius 1 is 1.30 bits per heavy atom. The smallest absolute Gasteiger partial charge is 0.221 e. The number of ether oxygens (including phenoxy) is 1. The van der Waals surface area contributed by atoms with Gasteiger partial charge < -0.3 is 20.7 Å². The number of hydrogen-bond donors (Lipinski definition) is 3. The van der Waals surface area contributed by atoms with Gasteiger partial charge in [-0.1, -0.05) is 12.1 Å². The van der Waals surface area contributed by atoms with E-state index in [0.29, 0.717) is 25.5 Å². The van der Waals surface area contributed by atoms with Gasteiger partial charge in [-0.05, 0) is 51.2 Å². The molecule has 2 rings (SSSR count). The first-order chi connectivity index (χ1) is 12.5. The van der Waals surface area contributed by atoms with Crippen molar-refractivity contribution >= 4 is 35.8 Å². The molecule has 0 bridgehead atoms. The molecule has 0 aromatic heterocycles. The molecular weight excluding hydrogens is 455 g/mol. The monoisotopic (exact) mass is 488 g/mol. The van der Waals surface area contributed by atoms with Gasteiger partial charge in [0.2, 0.25) is 5.91 Å². The summed E-state index contributed by atoms with van der Waals surface area (Å²) in [4.78, 5) is 15.9. The predicted molar refractivity (Wildman–Crippen MR) is 121 cm³/mol. The summed E-state index contributed by atoms with van der Waals surface area (Å²) in [6, 6.07) is 6.43. The molecule has 1 aromatic rings. The Hall–Kier alpha value is -1.51. The maximum Gasteiger partial charge on any atom is 0.221 e. The standard InChI is InChI=1S/C20H32N4O2.HI/c1-14(2)24-19(25)9-10-22-20(21-4)23-12-17-8-5-15(3)11-18(17)26-13-16-6-7-16;/h5,8,11,14,16H,6-7,9-10,12-13H2,1-4H3,(H,24,25)(H2,21,22,23);1H. The summed E-state index contributed by atoms with van der Waals surface area (Å²) in [6.07, 6.45) is 2.97. The molecule has 3 N–H and O–H groups in total. The molecule has 152 valence electrons. The maximum absolute atomic E-state index is 11.7. The molecule has 1 aromatic carbocycles. The summed E-state index contributed by atoms with van der Waals surface area (Å²) in [5, 5.41) is 9.34. The highest BCUT2D eigenvalue weighted by atomic mass is 127. The molecule has 0 spiro atoms. The molecule has 0 saturated heterocycles. The van der Waals surface area contributed by atoms with Crippen molar-refractivity contribution in [3.05, 3.63) is 29.3 Å². The zero-order valence-electron chi connectivity index (χ0n) is 16.8. The summed E-state index contributed by atoms with van der Waals surface area (Å²) in [5.74, 6) is 2.38. The molecule has 1 aliphatic rings. The van der Waals surface area contributed by atoms with Gasteiger partial charge in [-0.25, -0.2) is 0 Å². The van der Waals surface area contributed by atoms with Crippen LogP contribution in [-0.4, -0.2) is 38.1 Å². The highest BCUT2D eigenvalue weighted by Gasteiger charge is 2.22. The van der Waals surface area contributed by atoms with E-state index in [1.165, 1.54) is 18.4 Å². The van der Waals surface area contributed by atoms with Crippen LogP contribution in [-0.2, 0) is 11.3 Å². The number of hydrogen-bond acceptors (Lipinski definition) is 3. The van der Waals surface area contributed by atoms with Crippen molar-refractivity contribution in [3.63, 3.8) is 0 Å². The van der Waals surface area contributed by atoms with Crippen LogP contribution >= 0.6 is 24.0 Å². The van der Waals surface area contributed by atoms with Crippen molar-refractivity contribution < 1.29 is 9.53 Å². The Balaban J connectivity index is 0.00000364. The fourth-order valence-corrected chi connectivity index (χ4v) is 2.52. The van der Waals surface area contributed by atoms with E-state index < -0.39 is 0 Å². The predicted octanol–water partition coefficient (Wildman–Crippen LogP) is 2.98. The number of nitrogens with zero attached hydrogens (tertiary/aromatic N) is 1. The number of aliphatic imine (C=N–C) groups is 1. The van der Waals surface area contributed by atoms with Gasteiger partial charge in [0.1, 0.15) is 5.75 Å². The summed E-state index contributed by atoms with van der Waals surface area (Å²) >= 11 is 0. The van der Waals surface area contributed by atoms with Crippen molar-refractivity contribution in [2.45, 2.75) is 52.6 Å². The van der Waals surface area contributed by atoms with Gasteiger partial charge >= 0.3 is 0 Å². The largest absolute Gasteiger partial charge is 0.493 e. The zero-order valence-corrected chi connectivity index (χ0v) is 19.1. The zero-order chi connectivity index (χ0) is 18.9. The van der Waals surface area contributed by atoms with Crippen molar-refractivity contribution in [2.75, 3.05) is 20.2 Å². The molecule has 0 heterocycles. The van der Waals surface area contributed by atoms with Crippen molar-refractivity contribution in [1.29, 1.82) is 0 Å². The molecule has 6 nitrogen and oxygen atoms in total. The van der Waals surface area contributed by atoms with Crippen LogP contribution < -0.4 is 20.7 Å². The molecule has 1 saturated carbocycles. The number of benzene rings is 1. The van der Waals surface area contributed by atoms with Gasteiger partial charge in [-0.2, -0.15) is 0 Å². The first-order valence-electron chi connectivity index (χ1n) is 9.44. The van der Waals surface area contributed by atoms with Crippen LogP contribution in [0.15, 0.2) is 23.2 Å². The van der Waals surface area contributed by atoms with Crippen molar-refractivity contribution in [1.82, 2.24) is 16.0 Å². The minimum Gasteiger partial charge on any atom is -0.493 e. The molecular formula is C20H33IN4O2. The Bertz CT molecular complexity index is 630. The number of guanidine groups is 1. The highest BCUT2D eigenvalue weighted by Crippen LogP contribution is 2.30. The minimum atomic E-state index is 0. The van der Waals surface area contributed by atoms with E-state index >= 15 is 0 Å². The van der Waals surface area contributed by atoms with Crippen molar-refractivity contribution in [3.8, 4) is 5.75 Å². The molecule has 7 heteroatoms. The van der Waals surface area contributed by atoms with Crippen LogP contribution in [0.25, 0.3) is 0 Å². The number of halogens is 1. The van der Waals surface area contributed by atoms with E-state index in [2.05, 4.69) is 46.1 Å². The summed E-state index contributed by atoms with van der Waals surface area (Å²) < 4.78 is 6.00. The van der Waals surface area contributed by atoms with Gasteiger partial charge in [0, 0.05) is 38.2 Å². The molecule has 0 unspecified atom stereocenters. The number of carbonyl (C=O) groups is 1. The minimum absolute atomic E-state index is 0. The lowest BCUT2D eigenvalue weighted by Crippen LogP contribution is -2.39. The molecule has 27 heavy (non-hydrogen) atoms. The third-order valence-electron chi connectivity index (χ3n) is 4.16. The van der Waals surface area contributed by atoms with E-state index in [4.69, 9.17) is 4.74 Å². The normalized spacial score (nSPS) is 13.7. The first kappa shape index (κ1) is 23.5. The van der Waals surface area contributed by atoms with E-state index in [0.717, 1.165) is 23.8 Å². The van der Waals surface area contributed by atoms with Crippen LogP contribution in [0.3, 0.4) is 0 Å². The first-order valence-corrected chi connectivity index (χ1v) is 9.44. The van der Waals surface area contributed by atoms with Crippen LogP contribution in [0.1, 0.15) is 44.2 Å². The molecule has 1 aliphatic carbocycles. The summed E-state index contributed by atoms with van der Waals surface area (Å²) in [7, 11) is 1.73. The lowest BCUT2D eigenvalue weighted by atomic mass is 10.1. The average Bonchev–Trinajstić information content (AvgIpc) is 3.41. The van der Waals surface area contributed by atoms with E-state index in [9.17, 15) is 4.79 Å². The number of amides is 1. The Labute approximate surface area is 179 Å². The van der Waals surface area contributed by atoms with Crippen LogP contribution in [0.4, 0.5) is 0 Å². The van der Waals surface area contributed by atoms with Gasteiger partial charge in [0.15, 0.2) is 5.96 Å². The maximum atomic E-state index is 11.7. The fourth-order valence-electron chi connectivity index (χ4n) is 2.52. The third-order valence-corrected chi connectivity index (χ3v) is 4.16. The topological polar surface area (TPSA) is 74.8 Å². The molecule has 0 atom stereocenters. The quantitative estimate of drug-likeness (QED) is 0.284. The number of rotatable bonds is 9. The van der Waals surface area contributed by atoms with Gasteiger partial charge in [-0.15, -0.1) is 24.0 Å². The Kier molecular flexibility index (Phi) is 10.5.